The van der Waals surface area contributed by atoms with Crippen molar-refractivity contribution in [1.82, 2.24) is 10.2 Å². The van der Waals surface area contributed by atoms with Crippen molar-refractivity contribution in [3.05, 3.63) is 11.3 Å². The van der Waals surface area contributed by atoms with Gasteiger partial charge in [0.25, 0.3) is 5.91 Å². The summed E-state index contributed by atoms with van der Waals surface area (Å²) in [6.07, 6.45) is -0.639. The number of halogens is 3. The summed E-state index contributed by atoms with van der Waals surface area (Å²) in [4.78, 5) is 40.7. The van der Waals surface area contributed by atoms with Crippen LogP contribution in [0.3, 0.4) is 0 Å². The van der Waals surface area contributed by atoms with Crippen LogP contribution >= 0.6 is 0 Å². The van der Waals surface area contributed by atoms with E-state index in [1.807, 2.05) is 0 Å². The van der Waals surface area contributed by atoms with Gasteiger partial charge in [0.15, 0.2) is 5.78 Å². The Labute approximate surface area is 185 Å². The molecule has 1 N–H and O–H groups in total. The number of ether oxygens (including phenoxy) is 1. The van der Waals surface area contributed by atoms with Crippen molar-refractivity contribution in [2.24, 2.45) is 11.3 Å². The summed E-state index contributed by atoms with van der Waals surface area (Å²) >= 11 is 0. The minimum Gasteiger partial charge on any atom is -0.376 e. The standard InChI is InChI=1S/C23H31F3N2O4/c1-21(2)11-16-18(17(29)12-21)22(23(24,25)26,27-19(30)14-7-4-3-5-8-14)20(31)28(16)13-15-9-6-10-32-15/h14-15H,3-13H2,1-2H3,(H,27,30)/t15-,22+/m1/s1. The van der Waals surface area contributed by atoms with Gasteiger partial charge in [0.2, 0.25) is 11.4 Å². The first-order chi connectivity index (χ1) is 15.0. The molecule has 0 aromatic carbocycles. The highest BCUT2D eigenvalue weighted by atomic mass is 19.4. The zero-order valence-corrected chi connectivity index (χ0v) is 18.6. The number of rotatable bonds is 4. The molecule has 6 nitrogen and oxygen atoms in total. The number of allylic oxidation sites excluding steroid dienone is 1. The minimum atomic E-state index is -5.14. The van der Waals surface area contributed by atoms with E-state index in [2.05, 4.69) is 5.32 Å². The monoisotopic (exact) mass is 456 g/mol. The molecule has 2 aliphatic heterocycles. The van der Waals surface area contributed by atoms with Crippen LogP contribution in [0.25, 0.3) is 0 Å². The molecule has 4 aliphatic rings. The second-order valence-corrected chi connectivity index (χ2v) is 10.4. The molecular formula is C23H31F3N2O4. The first kappa shape index (κ1) is 23.3. The van der Waals surface area contributed by atoms with Crippen LogP contribution in [0.2, 0.25) is 0 Å². The molecule has 1 saturated heterocycles. The van der Waals surface area contributed by atoms with Gasteiger partial charge in [0.05, 0.1) is 18.2 Å². The molecule has 0 aromatic heterocycles. The smallest absolute Gasteiger partial charge is 0.376 e. The zero-order valence-electron chi connectivity index (χ0n) is 18.6. The number of hydrogen-bond donors (Lipinski definition) is 1. The second-order valence-electron chi connectivity index (χ2n) is 10.4. The van der Waals surface area contributed by atoms with Crippen molar-refractivity contribution in [2.75, 3.05) is 13.2 Å². The lowest BCUT2D eigenvalue weighted by Gasteiger charge is -2.36. The molecule has 2 fully saturated rings. The lowest BCUT2D eigenvalue weighted by atomic mass is 9.72. The molecule has 0 unspecified atom stereocenters. The zero-order chi connectivity index (χ0) is 23.3. The molecule has 2 heterocycles. The molecule has 0 radical (unpaired) electrons. The lowest BCUT2D eigenvalue weighted by molar-refractivity contribution is -0.195. The van der Waals surface area contributed by atoms with E-state index in [9.17, 15) is 27.6 Å². The third-order valence-electron chi connectivity index (χ3n) is 7.24. The number of nitrogens with zero attached hydrogens (tertiary/aromatic N) is 1. The van der Waals surface area contributed by atoms with E-state index in [4.69, 9.17) is 4.74 Å². The fourth-order valence-corrected chi connectivity index (χ4v) is 5.66. The van der Waals surface area contributed by atoms with Crippen LogP contribution in [0.1, 0.15) is 71.6 Å². The van der Waals surface area contributed by atoms with Crippen LogP contribution in [-0.4, -0.2) is 53.5 Å². The van der Waals surface area contributed by atoms with Crippen LogP contribution in [0.4, 0.5) is 13.2 Å². The van der Waals surface area contributed by atoms with Crippen LogP contribution in [-0.2, 0) is 19.1 Å². The van der Waals surface area contributed by atoms with Crippen molar-refractivity contribution in [1.29, 1.82) is 0 Å². The molecule has 0 aromatic rings. The number of hydrogen-bond acceptors (Lipinski definition) is 4. The van der Waals surface area contributed by atoms with Gasteiger partial charge in [-0.05, 0) is 37.5 Å². The number of carbonyl (C=O) groups is 3. The fourth-order valence-electron chi connectivity index (χ4n) is 5.66. The lowest BCUT2D eigenvalue weighted by Crippen LogP contribution is -2.67. The first-order valence-corrected chi connectivity index (χ1v) is 11.6. The maximum Gasteiger partial charge on any atom is 0.425 e. The molecule has 0 spiro atoms. The van der Waals surface area contributed by atoms with Crippen LogP contribution in [0.15, 0.2) is 11.3 Å². The molecule has 2 amide bonds. The highest BCUT2D eigenvalue weighted by molar-refractivity contribution is 6.13. The van der Waals surface area contributed by atoms with Crippen LogP contribution in [0.5, 0.6) is 0 Å². The van der Waals surface area contributed by atoms with Gasteiger partial charge >= 0.3 is 6.18 Å². The average molecular weight is 457 g/mol. The van der Waals surface area contributed by atoms with Gasteiger partial charge in [0, 0.05) is 24.6 Å². The Morgan fingerprint density at radius 2 is 1.78 bits per heavy atom. The summed E-state index contributed by atoms with van der Waals surface area (Å²) in [5.74, 6) is -3.37. The molecule has 178 valence electrons. The Balaban J connectivity index is 1.78. The highest BCUT2D eigenvalue weighted by Gasteiger charge is 2.71. The third-order valence-corrected chi connectivity index (χ3v) is 7.24. The topological polar surface area (TPSA) is 75.7 Å². The van der Waals surface area contributed by atoms with Gasteiger partial charge < -0.3 is 15.0 Å². The van der Waals surface area contributed by atoms with Gasteiger partial charge in [-0.15, -0.1) is 0 Å². The molecule has 2 atom stereocenters. The van der Waals surface area contributed by atoms with Crippen LogP contribution < -0.4 is 5.32 Å². The number of alkyl halides is 3. The maximum atomic E-state index is 14.7. The summed E-state index contributed by atoms with van der Waals surface area (Å²) < 4.78 is 49.8. The van der Waals surface area contributed by atoms with Crippen molar-refractivity contribution < 1.29 is 32.3 Å². The SMILES string of the molecule is CC1(C)CC(=O)C2=C(C1)N(C[C@H]1CCCO1)C(=O)[C@]2(NC(=O)C1CCCCC1)C(F)(F)F. The number of amides is 2. The van der Waals surface area contributed by atoms with E-state index < -0.39 is 46.2 Å². The van der Waals surface area contributed by atoms with E-state index in [-0.39, 0.29) is 31.2 Å². The number of nitrogens with one attached hydrogen (secondary N) is 1. The molecule has 9 heteroatoms. The van der Waals surface area contributed by atoms with Crippen molar-refractivity contribution in [3.8, 4) is 0 Å². The Morgan fingerprint density at radius 1 is 1.09 bits per heavy atom. The highest BCUT2D eigenvalue weighted by Crippen LogP contribution is 2.52. The predicted octanol–water partition coefficient (Wildman–Crippen LogP) is 3.65. The van der Waals surface area contributed by atoms with E-state index in [0.29, 0.717) is 25.9 Å². The Hall–Kier alpha value is -1.90. The number of Topliss-reactive ketones (excluding diaryl/α,β-unsaturated/α-hetero) is 1. The predicted molar refractivity (Wildman–Crippen MR) is 109 cm³/mol. The fraction of sp³-hybridized carbons (Fsp3) is 0.783. The van der Waals surface area contributed by atoms with Gasteiger partial charge in [-0.3, -0.25) is 14.4 Å². The molecule has 4 rings (SSSR count). The molecule has 0 bridgehead atoms. The summed E-state index contributed by atoms with van der Waals surface area (Å²) in [5, 5.41) is 2.09. The third kappa shape index (κ3) is 3.86. The van der Waals surface area contributed by atoms with Crippen molar-refractivity contribution in [3.63, 3.8) is 0 Å². The average Bonchev–Trinajstić information content (AvgIpc) is 3.29. The van der Waals surface area contributed by atoms with Gasteiger partial charge in [-0.25, -0.2) is 0 Å². The normalized spacial score (nSPS) is 31.3. The maximum absolute atomic E-state index is 14.7. The van der Waals surface area contributed by atoms with Crippen LogP contribution in [0, 0.1) is 11.3 Å². The molecular weight excluding hydrogens is 425 g/mol. The number of carbonyl (C=O) groups excluding carboxylic acids is 3. The minimum absolute atomic E-state index is 0.0435. The van der Waals surface area contributed by atoms with Gasteiger partial charge in [-0.2, -0.15) is 13.2 Å². The summed E-state index contributed by atoms with van der Waals surface area (Å²) in [6.45, 7) is 4.05. The van der Waals surface area contributed by atoms with E-state index >= 15 is 0 Å². The van der Waals surface area contributed by atoms with Crippen molar-refractivity contribution >= 4 is 17.6 Å². The summed E-state index contributed by atoms with van der Waals surface area (Å²) in [7, 11) is 0. The quantitative estimate of drug-likeness (QED) is 0.701. The first-order valence-electron chi connectivity index (χ1n) is 11.6. The molecule has 32 heavy (non-hydrogen) atoms. The van der Waals surface area contributed by atoms with Crippen molar-refractivity contribution in [2.45, 2.75) is 89.5 Å². The Morgan fingerprint density at radius 3 is 2.38 bits per heavy atom. The van der Waals surface area contributed by atoms with Gasteiger partial charge in [-0.1, -0.05) is 33.1 Å². The number of ketones is 1. The largest absolute Gasteiger partial charge is 0.425 e. The Kier molecular flexibility index (Phi) is 5.92. The second kappa shape index (κ2) is 8.15. The van der Waals surface area contributed by atoms with E-state index in [0.717, 1.165) is 30.6 Å². The summed E-state index contributed by atoms with van der Waals surface area (Å²) in [6, 6.07) is 0. The summed E-state index contributed by atoms with van der Waals surface area (Å²) in [5.41, 5.74) is -4.40. The molecule has 1 saturated carbocycles. The van der Waals surface area contributed by atoms with Gasteiger partial charge in [0.1, 0.15) is 0 Å². The molecule has 2 aliphatic carbocycles. The van der Waals surface area contributed by atoms with E-state index in [1.165, 1.54) is 0 Å². The Bertz CT molecular complexity index is 839. The van der Waals surface area contributed by atoms with E-state index in [1.54, 1.807) is 13.8 Å².